The Morgan fingerprint density at radius 2 is 2.12 bits per heavy atom. The van der Waals surface area contributed by atoms with E-state index in [4.69, 9.17) is 4.74 Å². The summed E-state index contributed by atoms with van der Waals surface area (Å²) in [5.41, 5.74) is 2.02. The van der Waals surface area contributed by atoms with Gasteiger partial charge in [0.2, 0.25) is 0 Å². The summed E-state index contributed by atoms with van der Waals surface area (Å²) in [6, 6.07) is 11.8. The van der Waals surface area contributed by atoms with Gasteiger partial charge in [0.1, 0.15) is 11.6 Å². The van der Waals surface area contributed by atoms with Crippen molar-refractivity contribution in [3.05, 3.63) is 74.3 Å². The first kappa shape index (κ1) is 16.0. The van der Waals surface area contributed by atoms with Gasteiger partial charge < -0.3 is 4.74 Å². The molecule has 7 nitrogen and oxygen atoms in total. The molecular formula is C19H15N3O4. The van der Waals surface area contributed by atoms with Crippen molar-refractivity contribution in [2.24, 2.45) is 0 Å². The number of nitrogens with zero attached hydrogens (tertiary/aromatic N) is 3. The first-order valence-electron chi connectivity index (χ1n) is 8.11. The molecule has 0 saturated heterocycles. The highest BCUT2D eigenvalue weighted by Crippen LogP contribution is 2.29. The van der Waals surface area contributed by atoms with Gasteiger partial charge in [-0.15, -0.1) is 0 Å². The van der Waals surface area contributed by atoms with Crippen molar-refractivity contribution in [2.45, 2.75) is 13.0 Å². The van der Waals surface area contributed by atoms with Gasteiger partial charge in [-0.05, 0) is 41.8 Å². The molecule has 1 aliphatic rings. The lowest BCUT2D eigenvalue weighted by Crippen LogP contribution is -2.20. The van der Waals surface area contributed by atoms with Gasteiger partial charge in [0.25, 0.3) is 11.2 Å². The number of aromatic nitrogens is 2. The maximum Gasteiger partial charge on any atom is 0.270 e. The first-order chi connectivity index (χ1) is 12.6. The van der Waals surface area contributed by atoms with Gasteiger partial charge in [-0.25, -0.2) is 4.98 Å². The van der Waals surface area contributed by atoms with Crippen molar-refractivity contribution >= 4 is 28.2 Å². The zero-order valence-electron chi connectivity index (χ0n) is 14.0. The molecular weight excluding hydrogens is 334 g/mol. The summed E-state index contributed by atoms with van der Waals surface area (Å²) >= 11 is 0. The predicted molar refractivity (Wildman–Crippen MR) is 98.1 cm³/mol. The van der Waals surface area contributed by atoms with Gasteiger partial charge in [-0.3, -0.25) is 19.5 Å². The molecule has 3 aromatic rings. The van der Waals surface area contributed by atoms with Gasteiger partial charge in [0, 0.05) is 18.7 Å². The third kappa shape index (κ3) is 2.63. The molecule has 1 aromatic heterocycles. The fourth-order valence-electron chi connectivity index (χ4n) is 3.19. The molecule has 0 amide bonds. The molecule has 0 fully saturated rings. The van der Waals surface area contributed by atoms with Crippen molar-refractivity contribution in [1.29, 1.82) is 0 Å². The summed E-state index contributed by atoms with van der Waals surface area (Å²) in [5.74, 6) is 1.37. The summed E-state index contributed by atoms with van der Waals surface area (Å²) in [7, 11) is 1.61. The van der Waals surface area contributed by atoms with Crippen LogP contribution >= 0.6 is 0 Å². The molecule has 0 saturated carbocycles. The van der Waals surface area contributed by atoms with E-state index in [-0.39, 0.29) is 16.6 Å². The van der Waals surface area contributed by atoms with Crippen molar-refractivity contribution in [3.63, 3.8) is 0 Å². The van der Waals surface area contributed by atoms with E-state index in [0.29, 0.717) is 24.3 Å². The summed E-state index contributed by atoms with van der Waals surface area (Å²) < 4.78 is 6.82. The third-order valence-electron chi connectivity index (χ3n) is 4.48. The highest BCUT2D eigenvalue weighted by Gasteiger charge is 2.22. The Labute approximate surface area is 148 Å². The Bertz CT molecular complexity index is 1130. The quantitative estimate of drug-likeness (QED) is 0.535. The number of ether oxygens (including phenoxy) is 1. The minimum Gasteiger partial charge on any atom is -0.497 e. The number of nitro benzene ring substituents is 1. The maximum absolute atomic E-state index is 12.7. The fourth-order valence-corrected chi connectivity index (χ4v) is 3.19. The lowest BCUT2D eigenvalue weighted by atomic mass is 10.1. The van der Waals surface area contributed by atoms with Crippen LogP contribution < -0.4 is 10.3 Å². The van der Waals surface area contributed by atoms with Gasteiger partial charge in [-0.1, -0.05) is 12.1 Å². The molecule has 2 aromatic carbocycles. The van der Waals surface area contributed by atoms with Crippen LogP contribution in [0.25, 0.3) is 22.6 Å². The zero-order chi connectivity index (χ0) is 18.3. The van der Waals surface area contributed by atoms with Crippen LogP contribution in [0.2, 0.25) is 0 Å². The van der Waals surface area contributed by atoms with Crippen LogP contribution in [0.5, 0.6) is 5.75 Å². The maximum atomic E-state index is 12.7. The highest BCUT2D eigenvalue weighted by molar-refractivity contribution is 5.85. The number of fused-ring (bicyclic) bond motifs is 2. The second kappa shape index (κ2) is 6.11. The number of allylic oxidation sites excluding steroid dienone is 1. The van der Waals surface area contributed by atoms with E-state index < -0.39 is 4.92 Å². The average molecular weight is 349 g/mol. The van der Waals surface area contributed by atoms with Crippen LogP contribution in [-0.2, 0) is 6.54 Å². The standard InChI is InChI=1S/C19H15N3O4/c1-26-15-4-2-3-12(10-15)9-13-7-8-21-18(13)20-17-6-5-14(22(24)25)11-16(17)19(21)23/h2-6,9-11H,7-8H2,1H3/b13-9+. The summed E-state index contributed by atoms with van der Waals surface area (Å²) in [4.78, 5) is 27.8. The molecule has 1 aliphatic heterocycles. The van der Waals surface area contributed by atoms with Crippen molar-refractivity contribution in [1.82, 2.24) is 9.55 Å². The van der Waals surface area contributed by atoms with Crippen LogP contribution in [0.4, 0.5) is 5.69 Å². The zero-order valence-corrected chi connectivity index (χ0v) is 14.0. The van der Waals surface area contributed by atoms with E-state index in [0.717, 1.165) is 16.9 Å². The minimum absolute atomic E-state index is 0.109. The lowest BCUT2D eigenvalue weighted by molar-refractivity contribution is -0.384. The van der Waals surface area contributed by atoms with Crippen LogP contribution in [0.3, 0.4) is 0 Å². The molecule has 130 valence electrons. The average Bonchev–Trinajstić information content (AvgIpc) is 3.04. The second-order valence-corrected chi connectivity index (χ2v) is 6.05. The van der Waals surface area contributed by atoms with E-state index in [2.05, 4.69) is 4.98 Å². The number of hydrogen-bond donors (Lipinski definition) is 0. The van der Waals surface area contributed by atoms with E-state index in [1.807, 2.05) is 30.3 Å². The van der Waals surface area contributed by atoms with Gasteiger partial charge in [-0.2, -0.15) is 0 Å². The van der Waals surface area contributed by atoms with Crippen LogP contribution in [-0.4, -0.2) is 21.6 Å². The monoisotopic (exact) mass is 349 g/mol. The smallest absolute Gasteiger partial charge is 0.270 e. The molecule has 0 bridgehead atoms. The Morgan fingerprint density at radius 3 is 2.88 bits per heavy atom. The summed E-state index contributed by atoms with van der Waals surface area (Å²) in [5, 5.41) is 11.2. The molecule has 0 unspecified atom stereocenters. The molecule has 0 spiro atoms. The van der Waals surface area contributed by atoms with Crippen LogP contribution in [0.15, 0.2) is 47.3 Å². The van der Waals surface area contributed by atoms with Gasteiger partial charge >= 0.3 is 0 Å². The molecule has 0 atom stereocenters. The number of nitro groups is 1. The number of methoxy groups -OCH3 is 1. The first-order valence-corrected chi connectivity index (χ1v) is 8.11. The normalized spacial score (nSPS) is 14.6. The molecule has 0 aliphatic carbocycles. The fraction of sp³-hybridized carbons (Fsp3) is 0.158. The molecule has 0 N–H and O–H groups in total. The molecule has 2 heterocycles. The van der Waals surface area contributed by atoms with Crippen molar-refractivity contribution < 1.29 is 9.66 Å². The van der Waals surface area contributed by atoms with E-state index in [1.54, 1.807) is 11.7 Å². The lowest BCUT2D eigenvalue weighted by Gasteiger charge is -2.06. The summed E-state index contributed by atoms with van der Waals surface area (Å²) in [6.45, 7) is 0.510. The van der Waals surface area contributed by atoms with Crippen molar-refractivity contribution in [3.8, 4) is 5.75 Å². The minimum atomic E-state index is -0.509. The number of benzene rings is 2. The third-order valence-corrected chi connectivity index (χ3v) is 4.48. The van der Waals surface area contributed by atoms with Crippen LogP contribution in [0, 0.1) is 10.1 Å². The van der Waals surface area contributed by atoms with E-state index >= 15 is 0 Å². The Morgan fingerprint density at radius 1 is 1.27 bits per heavy atom. The SMILES string of the molecule is COc1cccc(/C=C2\CCn3c2nc2ccc([N+](=O)[O-])cc2c3=O)c1. The molecule has 4 rings (SSSR count). The largest absolute Gasteiger partial charge is 0.497 e. The predicted octanol–water partition coefficient (Wildman–Crippen LogP) is 3.26. The number of hydrogen-bond acceptors (Lipinski definition) is 5. The Kier molecular flexibility index (Phi) is 3.76. The number of rotatable bonds is 3. The second-order valence-electron chi connectivity index (χ2n) is 6.05. The topological polar surface area (TPSA) is 87.3 Å². The highest BCUT2D eigenvalue weighted by atomic mass is 16.6. The van der Waals surface area contributed by atoms with Crippen molar-refractivity contribution in [2.75, 3.05) is 7.11 Å². The Balaban J connectivity index is 1.85. The Hall–Kier alpha value is -3.48. The molecule has 0 radical (unpaired) electrons. The summed E-state index contributed by atoms with van der Waals surface area (Å²) in [6.07, 6.45) is 2.67. The molecule has 26 heavy (non-hydrogen) atoms. The number of non-ortho nitro benzene ring substituents is 1. The van der Waals surface area contributed by atoms with E-state index in [1.165, 1.54) is 18.2 Å². The van der Waals surface area contributed by atoms with Crippen LogP contribution in [0.1, 0.15) is 17.8 Å². The van der Waals surface area contributed by atoms with E-state index in [9.17, 15) is 14.9 Å². The van der Waals surface area contributed by atoms with Gasteiger partial charge in [0.05, 0.1) is 22.9 Å². The van der Waals surface area contributed by atoms with Gasteiger partial charge in [0.15, 0.2) is 0 Å². The molecule has 7 heteroatoms.